The fourth-order valence-corrected chi connectivity index (χ4v) is 2.52. The summed E-state index contributed by atoms with van der Waals surface area (Å²) in [6.45, 7) is 0.680. The van der Waals surface area contributed by atoms with E-state index in [1.165, 1.54) is 42.2 Å². The molecule has 0 aliphatic carbocycles. The van der Waals surface area contributed by atoms with Crippen LogP contribution in [0.4, 0.5) is 10.1 Å². The molecule has 2 rings (SSSR count). The van der Waals surface area contributed by atoms with Crippen molar-refractivity contribution in [1.29, 1.82) is 5.26 Å². The summed E-state index contributed by atoms with van der Waals surface area (Å²) in [5.74, 6) is -2.42. The number of nitrogens with one attached hydrogen (secondary N) is 1. The van der Waals surface area contributed by atoms with Crippen molar-refractivity contribution in [3.8, 4) is 6.07 Å². The summed E-state index contributed by atoms with van der Waals surface area (Å²) in [4.78, 5) is 37.7. The van der Waals surface area contributed by atoms with Gasteiger partial charge in [0.2, 0.25) is 5.91 Å². The zero-order valence-corrected chi connectivity index (χ0v) is 16.3. The predicted molar refractivity (Wildman–Crippen MR) is 108 cm³/mol. The van der Waals surface area contributed by atoms with Crippen molar-refractivity contribution in [3.05, 3.63) is 71.7 Å². The second-order valence-electron chi connectivity index (χ2n) is 6.16. The van der Waals surface area contributed by atoms with Crippen molar-refractivity contribution in [2.75, 3.05) is 18.1 Å². The third-order valence-electron chi connectivity index (χ3n) is 3.85. The minimum Gasteiger partial charge on any atom is -0.451 e. The normalized spacial score (nSPS) is 10.6. The molecule has 7 nitrogen and oxygen atoms in total. The van der Waals surface area contributed by atoms with E-state index in [0.29, 0.717) is 11.3 Å². The Morgan fingerprint density at radius 2 is 1.80 bits per heavy atom. The summed E-state index contributed by atoms with van der Waals surface area (Å²) in [7, 11) is 0. The second kappa shape index (κ2) is 11.1. The Hall–Kier alpha value is -3.99. The maximum atomic E-state index is 13.2. The highest BCUT2D eigenvalue weighted by molar-refractivity contribution is 6.00. The number of carbonyl (C=O) groups excluding carboxylic acids is 3. The Morgan fingerprint density at radius 1 is 1.13 bits per heavy atom. The SMILES string of the molecule is CC(=O)N/C(=C\c1ccccc1)C(=O)OCC(=O)N(CCC#N)c1ccc(F)cc1. The molecule has 0 aromatic heterocycles. The fourth-order valence-electron chi connectivity index (χ4n) is 2.52. The molecule has 1 N–H and O–H groups in total. The van der Waals surface area contributed by atoms with Crippen LogP contribution < -0.4 is 10.2 Å². The highest BCUT2D eigenvalue weighted by Gasteiger charge is 2.20. The summed E-state index contributed by atoms with van der Waals surface area (Å²) in [5.41, 5.74) is 0.910. The minimum atomic E-state index is -0.887. The van der Waals surface area contributed by atoms with Gasteiger partial charge < -0.3 is 15.0 Å². The third-order valence-corrected chi connectivity index (χ3v) is 3.85. The molecule has 154 valence electrons. The molecular weight excluding hydrogens is 389 g/mol. The van der Waals surface area contributed by atoms with Crippen LogP contribution in [0.15, 0.2) is 60.3 Å². The van der Waals surface area contributed by atoms with Crippen molar-refractivity contribution in [2.45, 2.75) is 13.3 Å². The van der Waals surface area contributed by atoms with Gasteiger partial charge in [-0.3, -0.25) is 9.59 Å². The number of amides is 2. The second-order valence-corrected chi connectivity index (χ2v) is 6.16. The number of carbonyl (C=O) groups is 3. The van der Waals surface area contributed by atoms with Gasteiger partial charge in [-0.05, 0) is 35.9 Å². The number of nitrogens with zero attached hydrogens (tertiary/aromatic N) is 2. The third kappa shape index (κ3) is 6.87. The Balaban J connectivity index is 2.12. The number of nitriles is 1. The lowest BCUT2D eigenvalue weighted by atomic mass is 10.2. The van der Waals surface area contributed by atoms with Crippen molar-refractivity contribution in [3.63, 3.8) is 0 Å². The van der Waals surface area contributed by atoms with Crippen LogP contribution in [0.5, 0.6) is 0 Å². The lowest BCUT2D eigenvalue weighted by molar-refractivity contribution is -0.144. The topological polar surface area (TPSA) is 99.5 Å². The van der Waals surface area contributed by atoms with Crippen LogP contribution in [-0.2, 0) is 19.1 Å². The van der Waals surface area contributed by atoms with E-state index >= 15 is 0 Å². The van der Waals surface area contributed by atoms with Crippen LogP contribution in [0.1, 0.15) is 18.9 Å². The Morgan fingerprint density at radius 3 is 2.40 bits per heavy atom. The van der Waals surface area contributed by atoms with E-state index in [2.05, 4.69) is 5.32 Å². The van der Waals surface area contributed by atoms with Crippen LogP contribution in [0, 0.1) is 17.1 Å². The number of ether oxygens (including phenoxy) is 1. The molecule has 0 aliphatic rings. The van der Waals surface area contributed by atoms with E-state index in [1.54, 1.807) is 30.3 Å². The van der Waals surface area contributed by atoms with Crippen LogP contribution in [-0.4, -0.2) is 30.9 Å². The average molecular weight is 409 g/mol. The van der Waals surface area contributed by atoms with Crippen LogP contribution in [0.3, 0.4) is 0 Å². The van der Waals surface area contributed by atoms with Gasteiger partial charge in [-0.25, -0.2) is 9.18 Å². The van der Waals surface area contributed by atoms with E-state index in [1.807, 2.05) is 6.07 Å². The molecule has 8 heteroatoms. The van der Waals surface area contributed by atoms with Gasteiger partial charge in [0.05, 0.1) is 12.5 Å². The first kappa shape index (κ1) is 22.3. The molecule has 0 fully saturated rings. The number of hydrogen-bond acceptors (Lipinski definition) is 5. The summed E-state index contributed by atoms with van der Waals surface area (Å²) >= 11 is 0. The predicted octanol–water partition coefficient (Wildman–Crippen LogP) is 2.79. The lowest BCUT2D eigenvalue weighted by Gasteiger charge is -2.21. The fraction of sp³-hybridized carbons (Fsp3) is 0.182. The van der Waals surface area contributed by atoms with E-state index in [-0.39, 0.29) is 18.7 Å². The van der Waals surface area contributed by atoms with Gasteiger partial charge in [0.1, 0.15) is 11.5 Å². The van der Waals surface area contributed by atoms with E-state index in [9.17, 15) is 18.8 Å². The number of anilines is 1. The minimum absolute atomic E-state index is 0.0438. The monoisotopic (exact) mass is 409 g/mol. The van der Waals surface area contributed by atoms with Gasteiger partial charge in [0.25, 0.3) is 5.91 Å². The Bertz CT molecular complexity index is 966. The number of hydrogen-bond donors (Lipinski definition) is 1. The first-order valence-electron chi connectivity index (χ1n) is 9.05. The van der Waals surface area contributed by atoms with Crippen molar-refractivity contribution >= 4 is 29.5 Å². The molecule has 2 aromatic rings. The molecule has 30 heavy (non-hydrogen) atoms. The summed E-state index contributed by atoms with van der Waals surface area (Å²) < 4.78 is 18.2. The molecule has 0 saturated carbocycles. The van der Waals surface area contributed by atoms with Gasteiger partial charge in [-0.1, -0.05) is 30.3 Å². The molecule has 0 bridgehead atoms. The summed E-state index contributed by atoms with van der Waals surface area (Å²) in [6, 6.07) is 15.9. The number of benzene rings is 2. The summed E-state index contributed by atoms with van der Waals surface area (Å²) in [5, 5.41) is 11.2. The highest BCUT2D eigenvalue weighted by Crippen LogP contribution is 2.16. The van der Waals surface area contributed by atoms with Crippen molar-refractivity contribution < 1.29 is 23.5 Å². The largest absolute Gasteiger partial charge is 0.451 e. The van der Waals surface area contributed by atoms with Crippen LogP contribution >= 0.6 is 0 Å². The Labute approximate surface area is 173 Å². The van der Waals surface area contributed by atoms with Gasteiger partial charge in [-0.2, -0.15) is 5.26 Å². The maximum Gasteiger partial charge on any atom is 0.355 e. The molecule has 2 aromatic carbocycles. The van der Waals surface area contributed by atoms with Gasteiger partial charge >= 0.3 is 5.97 Å². The van der Waals surface area contributed by atoms with E-state index in [4.69, 9.17) is 10.00 Å². The maximum absolute atomic E-state index is 13.2. The van der Waals surface area contributed by atoms with E-state index < -0.39 is 30.2 Å². The molecule has 0 spiro atoms. The molecule has 0 heterocycles. The van der Waals surface area contributed by atoms with Crippen molar-refractivity contribution in [2.24, 2.45) is 0 Å². The first-order valence-corrected chi connectivity index (χ1v) is 9.05. The number of halogens is 1. The molecule has 0 unspecified atom stereocenters. The number of rotatable bonds is 8. The molecule has 2 amide bonds. The number of esters is 1. The Kier molecular flexibility index (Phi) is 8.27. The molecule has 0 radical (unpaired) electrons. The van der Waals surface area contributed by atoms with Gasteiger partial charge in [0, 0.05) is 19.2 Å². The molecule has 0 saturated heterocycles. The first-order chi connectivity index (χ1) is 14.4. The smallest absolute Gasteiger partial charge is 0.355 e. The zero-order valence-electron chi connectivity index (χ0n) is 16.3. The zero-order chi connectivity index (χ0) is 21.9. The van der Waals surface area contributed by atoms with Gasteiger partial charge in [0.15, 0.2) is 6.61 Å². The molecular formula is C22H20FN3O4. The summed E-state index contributed by atoms with van der Waals surface area (Å²) in [6.07, 6.45) is 1.48. The average Bonchev–Trinajstić information content (AvgIpc) is 2.73. The molecule has 0 atom stereocenters. The van der Waals surface area contributed by atoms with Crippen molar-refractivity contribution in [1.82, 2.24) is 5.32 Å². The highest BCUT2D eigenvalue weighted by atomic mass is 19.1. The quantitative estimate of drug-likeness (QED) is 0.534. The standard InChI is InChI=1S/C22H20FN3O4/c1-16(27)25-20(14-17-6-3-2-4-7-17)22(29)30-15-21(28)26(13-5-12-24)19-10-8-18(23)9-11-19/h2-4,6-11,14H,5,13,15H2,1H3,(H,25,27)/b20-14-. The van der Waals surface area contributed by atoms with Crippen LogP contribution in [0.25, 0.3) is 6.08 Å². The van der Waals surface area contributed by atoms with E-state index in [0.717, 1.165) is 0 Å². The van der Waals surface area contributed by atoms with Crippen LogP contribution in [0.2, 0.25) is 0 Å². The molecule has 0 aliphatic heterocycles. The van der Waals surface area contributed by atoms with Gasteiger partial charge in [-0.15, -0.1) is 0 Å². The lowest BCUT2D eigenvalue weighted by Crippen LogP contribution is -2.36.